The average Bonchev–Trinajstić information content (AvgIpc) is 2.38. The zero-order valence-corrected chi connectivity index (χ0v) is 11.6. The standard InChI is InChI=1S/C15H19ClN2/c1-11(2)9-13(10-16)18-15-14-6-4-3-5-12(14)7-8-17-15/h3-8,11,13H,9-10H2,1-2H3,(H,17,18). The van der Waals surface area contributed by atoms with Gasteiger partial charge in [-0.2, -0.15) is 0 Å². The van der Waals surface area contributed by atoms with Crippen LogP contribution in [0.3, 0.4) is 0 Å². The Kier molecular flexibility index (Phi) is 4.43. The van der Waals surface area contributed by atoms with Crippen LogP contribution in [0.15, 0.2) is 36.5 Å². The largest absolute Gasteiger partial charge is 0.366 e. The summed E-state index contributed by atoms with van der Waals surface area (Å²) >= 11 is 6.02. The monoisotopic (exact) mass is 262 g/mol. The predicted octanol–water partition coefficient (Wildman–Crippen LogP) is 4.30. The lowest BCUT2D eigenvalue weighted by Gasteiger charge is -2.19. The average molecular weight is 263 g/mol. The van der Waals surface area contributed by atoms with Gasteiger partial charge >= 0.3 is 0 Å². The Morgan fingerprint density at radius 1 is 1.22 bits per heavy atom. The molecule has 1 aromatic carbocycles. The fourth-order valence-corrected chi connectivity index (χ4v) is 2.36. The van der Waals surface area contributed by atoms with Gasteiger partial charge in [-0.05, 0) is 23.8 Å². The van der Waals surface area contributed by atoms with Gasteiger partial charge in [0.1, 0.15) is 5.82 Å². The fraction of sp³-hybridized carbons (Fsp3) is 0.400. The fourth-order valence-electron chi connectivity index (χ4n) is 2.16. The van der Waals surface area contributed by atoms with Gasteiger partial charge in [0, 0.05) is 23.5 Å². The molecule has 0 spiro atoms. The highest BCUT2D eigenvalue weighted by Gasteiger charge is 2.11. The Hall–Kier alpha value is -1.28. The molecule has 0 radical (unpaired) electrons. The van der Waals surface area contributed by atoms with Crippen molar-refractivity contribution in [1.29, 1.82) is 0 Å². The second kappa shape index (κ2) is 6.05. The molecule has 96 valence electrons. The third-order valence-corrected chi connectivity index (χ3v) is 3.33. The molecule has 18 heavy (non-hydrogen) atoms. The first-order valence-electron chi connectivity index (χ1n) is 6.37. The zero-order chi connectivity index (χ0) is 13.0. The highest BCUT2D eigenvalue weighted by Crippen LogP contribution is 2.22. The quantitative estimate of drug-likeness (QED) is 0.813. The summed E-state index contributed by atoms with van der Waals surface area (Å²) in [5.41, 5.74) is 0. The minimum atomic E-state index is 0.268. The summed E-state index contributed by atoms with van der Waals surface area (Å²) in [4.78, 5) is 4.43. The first-order chi connectivity index (χ1) is 8.70. The molecule has 2 aromatic rings. The summed E-state index contributed by atoms with van der Waals surface area (Å²) in [6, 6.07) is 10.6. The molecule has 0 aliphatic carbocycles. The first kappa shape index (κ1) is 13.2. The van der Waals surface area contributed by atoms with E-state index < -0.39 is 0 Å². The number of benzene rings is 1. The van der Waals surface area contributed by atoms with Crippen molar-refractivity contribution < 1.29 is 0 Å². The maximum absolute atomic E-state index is 6.02. The van der Waals surface area contributed by atoms with Crippen LogP contribution >= 0.6 is 11.6 Å². The number of alkyl halides is 1. The molecule has 0 fully saturated rings. The van der Waals surface area contributed by atoms with E-state index in [0.29, 0.717) is 11.8 Å². The topological polar surface area (TPSA) is 24.9 Å². The van der Waals surface area contributed by atoms with Gasteiger partial charge in [0.25, 0.3) is 0 Å². The highest BCUT2D eigenvalue weighted by molar-refractivity contribution is 6.18. The number of halogens is 1. The van der Waals surface area contributed by atoms with Crippen LogP contribution in [0.25, 0.3) is 10.8 Å². The molecule has 1 N–H and O–H groups in total. The van der Waals surface area contributed by atoms with Gasteiger partial charge in [-0.1, -0.05) is 38.1 Å². The van der Waals surface area contributed by atoms with Crippen LogP contribution in [0, 0.1) is 5.92 Å². The number of pyridine rings is 1. The summed E-state index contributed by atoms with van der Waals surface area (Å²) in [6.07, 6.45) is 2.89. The van der Waals surface area contributed by atoms with Crippen molar-refractivity contribution in [2.45, 2.75) is 26.3 Å². The van der Waals surface area contributed by atoms with Crippen LogP contribution < -0.4 is 5.32 Å². The summed E-state index contributed by atoms with van der Waals surface area (Å²) in [6.45, 7) is 4.41. The zero-order valence-electron chi connectivity index (χ0n) is 10.9. The lowest BCUT2D eigenvalue weighted by molar-refractivity contribution is 0.542. The van der Waals surface area contributed by atoms with Gasteiger partial charge in [-0.25, -0.2) is 4.98 Å². The van der Waals surface area contributed by atoms with E-state index in [0.717, 1.165) is 17.6 Å². The third-order valence-electron chi connectivity index (χ3n) is 2.96. The van der Waals surface area contributed by atoms with Crippen molar-refractivity contribution in [3.63, 3.8) is 0 Å². The van der Waals surface area contributed by atoms with E-state index in [1.807, 2.05) is 24.4 Å². The number of hydrogen-bond acceptors (Lipinski definition) is 2. The van der Waals surface area contributed by atoms with E-state index in [1.54, 1.807) is 0 Å². The Balaban J connectivity index is 2.25. The van der Waals surface area contributed by atoms with Gasteiger partial charge in [-0.3, -0.25) is 0 Å². The van der Waals surface area contributed by atoms with E-state index in [-0.39, 0.29) is 6.04 Å². The van der Waals surface area contributed by atoms with Crippen molar-refractivity contribution in [3.8, 4) is 0 Å². The van der Waals surface area contributed by atoms with Gasteiger partial charge in [0.15, 0.2) is 0 Å². The van der Waals surface area contributed by atoms with Crippen LogP contribution in [-0.4, -0.2) is 16.9 Å². The van der Waals surface area contributed by atoms with Gasteiger partial charge in [-0.15, -0.1) is 11.6 Å². The Bertz CT molecular complexity index is 505. The van der Waals surface area contributed by atoms with Crippen LogP contribution in [-0.2, 0) is 0 Å². The second-order valence-electron chi connectivity index (χ2n) is 5.01. The number of fused-ring (bicyclic) bond motifs is 1. The number of rotatable bonds is 5. The molecule has 2 nitrogen and oxygen atoms in total. The maximum atomic E-state index is 6.02. The molecule has 0 aliphatic rings. The molecule has 0 amide bonds. The number of nitrogens with zero attached hydrogens (tertiary/aromatic N) is 1. The minimum absolute atomic E-state index is 0.268. The van der Waals surface area contributed by atoms with E-state index in [4.69, 9.17) is 11.6 Å². The highest BCUT2D eigenvalue weighted by atomic mass is 35.5. The molecule has 0 bridgehead atoms. The Morgan fingerprint density at radius 3 is 2.72 bits per heavy atom. The van der Waals surface area contributed by atoms with Crippen molar-refractivity contribution >= 4 is 28.2 Å². The van der Waals surface area contributed by atoms with Crippen molar-refractivity contribution in [2.24, 2.45) is 5.92 Å². The van der Waals surface area contributed by atoms with E-state index in [9.17, 15) is 0 Å². The Labute approximate surface area is 113 Å². The molecule has 2 rings (SSSR count). The molecule has 0 saturated carbocycles. The van der Waals surface area contributed by atoms with Gasteiger partial charge in [0.2, 0.25) is 0 Å². The number of hydrogen-bond donors (Lipinski definition) is 1. The summed E-state index contributed by atoms with van der Waals surface area (Å²) in [5.74, 6) is 2.15. The molecule has 0 aliphatic heterocycles. The third kappa shape index (κ3) is 3.14. The smallest absolute Gasteiger partial charge is 0.134 e. The van der Waals surface area contributed by atoms with Crippen molar-refractivity contribution in [2.75, 3.05) is 11.2 Å². The minimum Gasteiger partial charge on any atom is -0.366 e. The van der Waals surface area contributed by atoms with E-state index in [1.165, 1.54) is 5.39 Å². The molecular formula is C15H19ClN2. The van der Waals surface area contributed by atoms with Crippen LogP contribution in [0.4, 0.5) is 5.82 Å². The Morgan fingerprint density at radius 2 is 2.00 bits per heavy atom. The number of anilines is 1. The van der Waals surface area contributed by atoms with Crippen molar-refractivity contribution in [3.05, 3.63) is 36.5 Å². The second-order valence-corrected chi connectivity index (χ2v) is 5.31. The summed E-state index contributed by atoms with van der Waals surface area (Å²) in [7, 11) is 0. The molecule has 3 heteroatoms. The lowest BCUT2D eigenvalue weighted by atomic mass is 10.0. The summed E-state index contributed by atoms with van der Waals surface area (Å²) < 4.78 is 0. The van der Waals surface area contributed by atoms with Crippen LogP contribution in [0.5, 0.6) is 0 Å². The molecule has 0 saturated heterocycles. The number of nitrogens with one attached hydrogen (secondary N) is 1. The van der Waals surface area contributed by atoms with Gasteiger partial charge < -0.3 is 5.32 Å². The van der Waals surface area contributed by atoms with Crippen molar-refractivity contribution in [1.82, 2.24) is 4.98 Å². The van der Waals surface area contributed by atoms with Crippen LogP contribution in [0.2, 0.25) is 0 Å². The molecule has 1 atom stereocenters. The van der Waals surface area contributed by atoms with Gasteiger partial charge in [0.05, 0.1) is 0 Å². The predicted molar refractivity (Wildman–Crippen MR) is 79.3 cm³/mol. The molecule has 1 unspecified atom stereocenters. The van der Waals surface area contributed by atoms with E-state index >= 15 is 0 Å². The molecule has 1 aromatic heterocycles. The number of aromatic nitrogens is 1. The SMILES string of the molecule is CC(C)CC(CCl)Nc1nccc2ccccc12. The molecule has 1 heterocycles. The van der Waals surface area contributed by atoms with Crippen LogP contribution in [0.1, 0.15) is 20.3 Å². The maximum Gasteiger partial charge on any atom is 0.134 e. The normalized spacial score (nSPS) is 12.9. The van der Waals surface area contributed by atoms with E-state index in [2.05, 4.69) is 36.3 Å². The summed E-state index contributed by atoms with van der Waals surface area (Å²) in [5, 5.41) is 5.81. The first-order valence-corrected chi connectivity index (χ1v) is 6.90. The molecular weight excluding hydrogens is 244 g/mol. The lowest BCUT2D eigenvalue weighted by Crippen LogP contribution is -2.24.